The first kappa shape index (κ1) is 39.2. The molecule has 1 fully saturated rings. The molecule has 0 unspecified atom stereocenters. The molecular weight excluding hydrogens is 742 g/mol. The summed E-state index contributed by atoms with van der Waals surface area (Å²) in [6.45, 7) is 9.24. The van der Waals surface area contributed by atoms with Crippen LogP contribution in [0.25, 0.3) is 21.3 Å². The Hall–Kier alpha value is -5.02. The van der Waals surface area contributed by atoms with Gasteiger partial charge in [0.05, 0.1) is 40.1 Å². The van der Waals surface area contributed by atoms with Gasteiger partial charge in [0.2, 0.25) is 0 Å². The second-order valence-electron chi connectivity index (χ2n) is 14.4. The van der Waals surface area contributed by atoms with Gasteiger partial charge in [0.1, 0.15) is 41.5 Å². The molecule has 1 aliphatic rings. The number of nitrogens with zero attached hydrogens (tertiary/aromatic N) is 5. The Labute approximate surface area is 337 Å². The highest BCUT2D eigenvalue weighted by molar-refractivity contribution is 7.18. The van der Waals surface area contributed by atoms with Gasteiger partial charge in [-0.15, -0.1) is 11.3 Å². The first-order chi connectivity index (χ1) is 27.2. The van der Waals surface area contributed by atoms with E-state index in [2.05, 4.69) is 72.1 Å². The van der Waals surface area contributed by atoms with Gasteiger partial charge in [-0.2, -0.15) is 5.26 Å². The maximum Gasteiger partial charge on any atom is 0.142 e. The summed E-state index contributed by atoms with van der Waals surface area (Å²) in [6.07, 6.45) is 4.79. The number of benzene rings is 4. The molecule has 0 saturated carbocycles. The molecule has 0 radical (unpaired) electrons. The van der Waals surface area contributed by atoms with Crippen LogP contribution in [0.1, 0.15) is 51.2 Å². The van der Waals surface area contributed by atoms with E-state index in [1.807, 2.05) is 42.5 Å². The van der Waals surface area contributed by atoms with E-state index in [-0.39, 0.29) is 12.7 Å². The van der Waals surface area contributed by atoms with Gasteiger partial charge >= 0.3 is 0 Å². The Bertz CT molecular complexity index is 2310. The number of aliphatic hydroxyl groups excluding tert-OH is 1. The molecule has 0 aliphatic carbocycles. The fraction of sp³-hybridized carbons (Fsp3) is 0.311. The SMILES string of the molecule is Cc1c(COc2cc(OCc3cncc(C#N)c3)c(CN(C)Cc3nc4ccccc4s3)cc2Cl)cccc1-c1cccc(OCCCN2CC[C@@H](O)C2)c1C. The maximum absolute atomic E-state index is 9.82. The van der Waals surface area contributed by atoms with Crippen molar-refractivity contribution in [2.24, 2.45) is 0 Å². The Morgan fingerprint density at radius 2 is 1.70 bits per heavy atom. The van der Waals surface area contributed by atoms with Crippen molar-refractivity contribution >= 4 is 33.2 Å². The van der Waals surface area contributed by atoms with E-state index < -0.39 is 0 Å². The summed E-state index contributed by atoms with van der Waals surface area (Å²) in [6, 6.07) is 28.4. The van der Waals surface area contributed by atoms with Crippen molar-refractivity contribution < 1.29 is 19.3 Å². The number of halogens is 1. The van der Waals surface area contributed by atoms with E-state index in [9.17, 15) is 10.4 Å². The van der Waals surface area contributed by atoms with Crippen molar-refractivity contribution in [3.8, 4) is 34.4 Å². The van der Waals surface area contributed by atoms with Crippen LogP contribution in [0.5, 0.6) is 17.2 Å². The largest absolute Gasteiger partial charge is 0.493 e. The Balaban J connectivity index is 1.06. The molecule has 7 rings (SSSR count). The van der Waals surface area contributed by atoms with Gasteiger partial charge in [-0.25, -0.2) is 4.98 Å². The number of hydrogen-bond acceptors (Lipinski definition) is 10. The highest BCUT2D eigenvalue weighted by Gasteiger charge is 2.20. The second kappa shape index (κ2) is 18.3. The highest BCUT2D eigenvalue weighted by Crippen LogP contribution is 2.37. The lowest BCUT2D eigenvalue weighted by Gasteiger charge is -2.20. The Kier molecular flexibility index (Phi) is 12.8. The lowest BCUT2D eigenvalue weighted by Crippen LogP contribution is -2.24. The van der Waals surface area contributed by atoms with Gasteiger partial charge in [0, 0.05) is 55.8 Å². The van der Waals surface area contributed by atoms with Crippen molar-refractivity contribution in [2.45, 2.75) is 59.1 Å². The molecule has 4 aromatic carbocycles. The Morgan fingerprint density at radius 1 is 0.893 bits per heavy atom. The molecular formula is C45H46ClN5O4S. The summed E-state index contributed by atoms with van der Waals surface area (Å²) in [7, 11) is 2.05. The highest BCUT2D eigenvalue weighted by atomic mass is 35.5. The van der Waals surface area contributed by atoms with Gasteiger partial charge in [-0.05, 0) is 91.9 Å². The first-order valence-electron chi connectivity index (χ1n) is 18.9. The summed E-state index contributed by atoms with van der Waals surface area (Å²) in [5.41, 5.74) is 8.66. The van der Waals surface area contributed by atoms with E-state index in [1.165, 1.54) is 6.20 Å². The molecule has 0 amide bonds. The number of likely N-dealkylation sites (tertiary alicyclic amines) is 1. The molecule has 1 aliphatic heterocycles. The van der Waals surface area contributed by atoms with Gasteiger partial charge in [-0.1, -0.05) is 54.1 Å². The predicted molar refractivity (Wildman–Crippen MR) is 222 cm³/mol. The minimum atomic E-state index is -0.203. The molecule has 6 aromatic rings. The van der Waals surface area contributed by atoms with Gasteiger partial charge in [0.25, 0.3) is 0 Å². The van der Waals surface area contributed by atoms with Crippen molar-refractivity contribution in [3.05, 3.63) is 135 Å². The summed E-state index contributed by atoms with van der Waals surface area (Å²) >= 11 is 8.63. The van der Waals surface area contributed by atoms with Crippen LogP contribution in [-0.4, -0.2) is 64.3 Å². The quantitative estimate of drug-likeness (QED) is 0.0963. The molecule has 11 heteroatoms. The number of aliphatic hydroxyl groups is 1. The Morgan fingerprint density at radius 3 is 2.50 bits per heavy atom. The van der Waals surface area contributed by atoms with Crippen LogP contribution in [0.3, 0.4) is 0 Å². The van der Waals surface area contributed by atoms with Crippen molar-refractivity contribution in [1.29, 1.82) is 5.26 Å². The molecule has 2 aromatic heterocycles. The summed E-state index contributed by atoms with van der Waals surface area (Å²) in [5, 5.41) is 20.7. The zero-order valence-corrected chi connectivity index (χ0v) is 33.6. The summed E-state index contributed by atoms with van der Waals surface area (Å²) < 4.78 is 20.3. The minimum Gasteiger partial charge on any atom is -0.493 e. The van der Waals surface area contributed by atoms with Crippen LogP contribution in [0.15, 0.2) is 91.3 Å². The molecule has 3 heterocycles. The number of hydrogen-bond donors (Lipinski definition) is 1. The van der Waals surface area contributed by atoms with E-state index in [0.717, 1.165) is 92.4 Å². The topological polar surface area (TPSA) is 104 Å². The fourth-order valence-electron chi connectivity index (χ4n) is 7.13. The zero-order chi connectivity index (χ0) is 39.0. The molecule has 1 N–H and O–H groups in total. The number of fused-ring (bicyclic) bond motifs is 1. The van der Waals surface area contributed by atoms with E-state index >= 15 is 0 Å². The standard InChI is InChI=1S/C45H46ClN5O4S/c1-30-34(9-6-10-37(30)38-11-7-13-41(31(38)2)53-18-8-16-51-17-15-36(52)26-51)29-55-43-21-42(54-28-33-19-32(22-47)23-48-24-33)35(20-39(43)46)25-50(3)27-45-49-40-12-4-5-14-44(40)56-45/h4-7,9-14,19-21,23-24,36,52H,8,15-18,25-29H2,1-3H3/t36-/m1/s1. The lowest BCUT2D eigenvalue weighted by molar-refractivity contribution is 0.173. The average molecular weight is 788 g/mol. The van der Waals surface area contributed by atoms with Gasteiger partial charge in [-0.3, -0.25) is 9.88 Å². The van der Waals surface area contributed by atoms with Crippen LogP contribution < -0.4 is 14.2 Å². The maximum atomic E-state index is 9.82. The number of rotatable bonds is 16. The predicted octanol–water partition coefficient (Wildman–Crippen LogP) is 9.13. The number of aromatic nitrogens is 2. The van der Waals surface area contributed by atoms with Crippen molar-refractivity contribution in [3.63, 3.8) is 0 Å². The summed E-state index contributed by atoms with van der Waals surface area (Å²) in [4.78, 5) is 13.5. The van der Waals surface area contributed by atoms with Crippen LogP contribution in [-0.2, 0) is 26.3 Å². The lowest BCUT2D eigenvalue weighted by atomic mass is 9.93. The number of thiazole rings is 1. The first-order valence-corrected chi connectivity index (χ1v) is 20.1. The van der Waals surface area contributed by atoms with Crippen LogP contribution >= 0.6 is 22.9 Å². The third-order valence-corrected chi connectivity index (χ3v) is 11.5. The number of ether oxygens (including phenoxy) is 3. The molecule has 0 bridgehead atoms. The third kappa shape index (κ3) is 9.67. The molecule has 288 valence electrons. The molecule has 9 nitrogen and oxygen atoms in total. The van der Waals surface area contributed by atoms with Crippen LogP contribution in [0.4, 0.5) is 0 Å². The van der Waals surface area contributed by atoms with E-state index in [1.54, 1.807) is 23.6 Å². The molecule has 1 saturated heterocycles. The van der Waals surface area contributed by atoms with Crippen LogP contribution in [0, 0.1) is 25.2 Å². The van der Waals surface area contributed by atoms with Gasteiger partial charge in [0.15, 0.2) is 0 Å². The zero-order valence-electron chi connectivity index (χ0n) is 32.0. The van der Waals surface area contributed by atoms with E-state index in [4.69, 9.17) is 30.8 Å². The number of β-amino-alcohol motifs (C(OH)–C–C–N with tert-alkyl or cyclic N) is 1. The second-order valence-corrected chi connectivity index (χ2v) is 15.9. The summed E-state index contributed by atoms with van der Waals surface area (Å²) in [5.74, 6) is 2.03. The average Bonchev–Trinajstić information content (AvgIpc) is 3.81. The van der Waals surface area contributed by atoms with Crippen molar-refractivity contribution in [1.82, 2.24) is 19.8 Å². The minimum absolute atomic E-state index is 0.203. The van der Waals surface area contributed by atoms with E-state index in [0.29, 0.717) is 48.4 Å². The van der Waals surface area contributed by atoms with Crippen LogP contribution in [0.2, 0.25) is 5.02 Å². The monoisotopic (exact) mass is 787 g/mol. The number of nitriles is 1. The fourth-order valence-corrected chi connectivity index (χ4v) is 8.42. The normalized spacial score (nSPS) is 14.3. The molecule has 0 spiro atoms. The number of para-hydroxylation sites is 1. The molecule has 56 heavy (non-hydrogen) atoms. The van der Waals surface area contributed by atoms with Crippen molar-refractivity contribution in [2.75, 3.05) is 33.3 Å². The molecule has 1 atom stereocenters. The third-order valence-electron chi connectivity index (χ3n) is 10.1. The van der Waals surface area contributed by atoms with Gasteiger partial charge < -0.3 is 24.2 Å². The number of pyridine rings is 1. The smallest absolute Gasteiger partial charge is 0.142 e.